The molecule has 0 spiro atoms. The zero-order valence-electron chi connectivity index (χ0n) is 13.4. The molecular weight excluding hydrogens is 288 g/mol. The predicted molar refractivity (Wildman–Crippen MR) is 91.7 cm³/mol. The van der Waals surface area contributed by atoms with Gasteiger partial charge >= 0.3 is 0 Å². The SMILES string of the molecule is CC(=O)/C(=C(/C)O)c1nc2ccccc2n1-c1ccc(C)cc1. The molecule has 0 radical (unpaired) electrons. The minimum absolute atomic E-state index is 0.0267. The Morgan fingerprint density at radius 1 is 1.04 bits per heavy atom. The van der Waals surface area contributed by atoms with Crippen LogP contribution in [0.3, 0.4) is 0 Å². The van der Waals surface area contributed by atoms with Crippen LogP contribution in [0.2, 0.25) is 0 Å². The van der Waals surface area contributed by atoms with Crippen molar-refractivity contribution >= 4 is 22.4 Å². The highest BCUT2D eigenvalue weighted by Crippen LogP contribution is 2.27. The van der Waals surface area contributed by atoms with Crippen LogP contribution in [0.15, 0.2) is 54.3 Å². The Kier molecular flexibility index (Phi) is 3.74. The number of nitrogens with zero attached hydrogens (tertiary/aromatic N) is 2. The van der Waals surface area contributed by atoms with Gasteiger partial charge < -0.3 is 5.11 Å². The van der Waals surface area contributed by atoms with Crippen LogP contribution in [0.1, 0.15) is 25.2 Å². The van der Waals surface area contributed by atoms with Crippen molar-refractivity contribution in [2.45, 2.75) is 20.8 Å². The second kappa shape index (κ2) is 5.72. The highest BCUT2D eigenvalue weighted by atomic mass is 16.3. The van der Waals surface area contributed by atoms with E-state index in [9.17, 15) is 9.90 Å². The zero-order valence-corrected chi connectivity index (χ0v) is 13.4. The molecule has 3 aromatic rings. The van der Waals surface area contributed by atoms with Gasteiger partial charge in [-0.05, 0) is 45.0 Å². The van der Waals surface area contributed by atoms with Crippen molar-refractivity contribution in [3.8, 4) is 5.69 Å². The van der Waals surface area contributed by atoms with Gasteiger partial charge in [-0.1, -0.05) is 29.8 Å². The Labute approximate surface area is 134 Å². The molecule has 1 N–H and O–H groups in total. The number of fused-ring (bicyclic) bond motifs is 1. The lowest BCUT2D eigenvalue weighted by atomic mass is 10.1. The minimum Gasteiger partial charge on any atom is -0.512 e. The van der Waals surface area contributed by atoms with Crippen LogP contribution in [0, 0.1) is 6.92 Å². The molecule has 0 saturated heterocycles. The Morgan fingerprint density at radius 3 is 2.30 bits per heavy atom. The zero-order chi connectivity index (χ0) is 16.6. The van der Waals surface area contributed by atoms with Gasteiger partial charge in [-0.25, -0.2) is 4.98 Å². The summed E-state index contributed by atoms with van der Waals surface area (Å²) in [5, 5.41) is 9.98. The molecule has 2 aromatic carbocycles. The quantitative estimate of drug-likeness (QED) is 0.582. The molecule has 0 bridgehead atoms. The normalized spacial score (nSPS) is 12.3. The largest absolute Gasteiger partial charge is 0.512 e. The monoisotopic (exact) mass is 306 g/mol. The summed E-state index contributed by atoms with van der Waals surface area (Å²) in [4.78, 5) is 16.6. The number of carbonyl (C=O) groups is 1. The van der Waals surface area contributed by atoms with Gasteiger partial charge in [0.15, 0.2) is 11.6 Å². The molecule has 0 fully saturated rings. The molecule has 1 heterocycles. The third-order valence-electron chi connectivity index (χ3n) is 3.79. The fourth-order valence-corrected chi connectivity index (χ4v) is 2.72. The van der Waals surface area contributed by atoms with E-state index < -0.39 is 0 Å². The summed E-state index contributed by atoms with van der Waals surface area (Å²) >= 11 is 0. The number of aryl methyl sites for hydroxylation is 1. The summed E-state index contributed by atoms with van der Waals surface area (Å²) < 4.78 is 1.91. The lowest BCUT2D eigenvalue weighted by Crippen LogP contribution is -2.07. The maximum absolute atomic E-state index is 12.0. The molecule has 3 rings (SSSR count). The van der Waals surface area contributed by atoms with E-state index in [1.807, 2.05) is 60.0 Å². The molecule has 116 valence electrons. The van der Waals surface area contributed by atoms with Crippen LogP contribution in [0.5, 0.6) is 0 Å². The fraction of sp³-hybridized carbons (Fsp3) is 0.158. The number of ketones is 1. The first-order valence-electron chi connectivity index (χ1n) is 7.44. The van der Waals surface area contributed by atoms with E-state index in [4.69, 9.17) is 0 Å². The number of carbonyl (C=O) groups excluding carboxylic acids is 1. The molecule has 0 saturated carbocycles. The molecule has 0 aliphatic carbocycles. The number of imidazole rings is 1. The maximum atomic E-state index is 12.0. The Hall–Kier alpha value is -2.88. The van der Waals surface area contributed by atoms with E-state index in [-0.39, 0.29) is 17.1 Å². The topological polar surface area (TPSA) is 55.1 Å². The van der Waals surface area contributed by atoms with Crippen molar-refractivity contribution in [1.29, 1.82) is 0 Å². The number of rotatable bonds is 3. The van der Waals surface area contributed by atoms with Crippen LogP contribution < -0.4 is 0 Å². The van der Waals surface area contributed by atoms with Gasteiger partial charge in [-0.15, -0.1) is 0 Å². The number of benzene rings is 2. The van der Waals surface area contributed by atoms with Crippen molar-refractivity contribution in [2.75, 3.05) is 0 Å². The maximum Gasteiger partial charge on any atom is 0.166 e. The summed E-state index contributed by atoms with van der Waals surface area (Å²) in [6.45, 7) is 4.97. The molecule has 4 heteroatoms. The van der Waals surface area contributed by atoms with Gasteiger partial charge in [0.05, 0.1) is 16.6 Å². The van der Waals surface area contributed by atoms with Crippen molar-refractivity contribution in [3.05, 3.63) is 65.7 Å². The molecule has 0 amide bonds. The summed E-state index contributed by atoms with van der Waals surface area (Å²) in [6, 6.07) is 15.7. The number of aliphatic hydroxyl groups is 1. The Bertz CT molecular complexity index is 914. The summed E-state index contributed by atoms with van der Waals surface area (Å²) in [5.74, 6) is 0.220. The molecule has 1 aromatic heterocycles. The minimum atomic E-state index is -0.214. The van der Waals surface area contributed by atoms with Gasteiger partial charge in [0.1, 0.15) is 5.76 Å². The smallest absolute Gasteiger partial charge is 0.166 e. The second-order valence-corrected chi connectivity index (χ2v) is 5.61. The summed E-state index contributed by atoms with van der Waals surface area (Å²) in [6.07, 6.45) is 0. The number of aromatic nitrogens is 2. The molecule has 0 atom stereocenters. The fourth-order valence-electron chi connectivity index (χ4n) is 2.72. The van der Waals surface area contributed by atoms with Gasteiger partial charge in [-0.2, -0.15) is 0 Å². The van der Waals surface area contributed by atoms with E-state index in [2.05, 4.69) is 4.98 Å². The van der Waals surface area contributed by atoms with Gasteiger partial charge in [-0.3, -0.25) is 9.36 Å². The molecule has 4 nitrogen and oxygen atoms in total. The van der Waals surface area contributed by atoms with E-state index in [1.165, 1.54) is 13.8 Å². The highest BCUT2D eigenvalue weighted by molar-refractivity contribution is 6.19. The molecule has 23 heavy (non-hydrogen) atoms. The first kappa shape index (κ1) is 15.0. The summed E-state index contributed by atoms with van der Waals surface area (Å²) in [7, 11) is 0. The van der Waals surface area contributed by atoms with Crippen LogP contribution in [0.25, 0.3) is 22.3 Å². The predicted octanol–water partition coefficient (Wildman–Crippen LogP) is 4.21. The first-order valence-corrected chi connectivity index (χ1v) is 7.44. The molecular formula is C19H18N2O2. The van der Waals surface area contributed by atoms with Crippen molar-refractivity contribution in [2.24, 2.45) is 0 Å². The second-order valence-electron chi connectivity index (χ2n) is 5.61. The highest BCUT2D eigenvalue weighted by Gasteiger charge is 2.21. The van der Waals surface area contributed by atoms with E-state index in [0.717, 1.165) is 22.3 Å². The molecule has 0 aliphatic rings. The van der Waals surface area contributed by atoms with Gasteiger partial charge in [0, 0.05) is 5.69 Å². The Morgan fingerprint density at radius 2 is 1.70 bits per heavy atom. The van der Waals surface area contributed by atoms with Crippen molar-refractivity contribution in [3.63, 3.8) is 0 Å². The number of allylic oxidation sites excluding steroid dienone is 2. The molecule has 0 unspecified atom stereocenters. The van der Waals surface area contributed by atoms with Crippen LogP contribution in [0.4, 0.5) is 0 Å². The third kappa shape index (κ3) is 2.63. The average Bonchev–Trinajstić information content (AvgIpc) is 2.86. The van der Waals surface area contributed by atoms with E-state index in [1.54, 1.807) is 0 Å². The van der Waals surface area contributed by atoms with Gasteiger partial charge in [0.25, 0.3) is 0 Å². The van der Waals surface area contributed by atoms with Gasteiger partial charge in [0.2, 0.25) is 0 Å². The first-order chi connectivity index (χ1) is 11.0. The van der Waals surface area contributed by atoms with E-state index >= 15 is 0 Å². The lowest BCUT2D eigenvalue weighted by Gasteiger charge is -2.11. The summed E-state index contributed by atoms with van der Waals surface area (Å²) in [5.41, 5.74) is 3.97. The van der Waals surface area contributed by atoms with Crippen molar-refractivity contribution < 1.29 is 9.90 Å². The Balaban J connectivity index is 2.38. The van der Waals surface area contributed by atoms with Crippen LogP contribution in [-0.2, 0) is 4.79 Å². The number of para-hydroxylation sites is 2. The van der Waals surface area contributed by atoms with Crippen molar-refractivity contribution in [1.82, 2.24) is 9.55 Å². The van der Waals surface area contributed by atoms with E-state index in [0.29, 0.717) is 5.82 Å². The van der Waals surface area contributed by atoms with Crippen LogP contribution >= 0.6 is 0 Å². The molecule has 0 aliphatic heterocycles. The third-order valence-corrected chi connectivity index (χ3v) is 3.79. The average molecular weight is 306 g/mol. The number of aliphatic hydroxyl groups excluding tert-OH is 1. The van der Waals surface area contributed by atoms with Crippen LogP contribution in [-0.4, -0.2) is 20.4 Å². The lowest BCUT2D eigenvalue weighted by molar-refractivity contribution is -0.111. The number of hydrogen-bond acceptors (Lipinski definition) is 3. The number of Topliss-reactive ketones (excluding diaryl/α,β-unsaturated/α-hetero) is 1. The number of hydrogen-bond donors (Lipinski definition) is 1. The standard InChI is InChI=1S/C19H18N2O2/c1-12-8-10-15(11-9-12)21-17-7-5-4-6-16(17)20-19(21)18(13(2)22)14(3)23/h4-11,22H,1-3H3/b18-13+.